The number of nitrogens with one attached hydrogen (secondary N) is 2. The van der Waals surface area contributed by atoms with E-state index >= 15 is 0 Å². The Bertz CT molecular complexity index is 472. The summed E-state index contributed by atoms with van der Waals surface area (Å²) < 4.78 is 26.9. The summed E-state index contributed by atoms with van der Waals surface area (Å²) in [4.78, 5) is 0. The van der Waals surface area contributed by atoms with Crippen LogP contribution in [0.2, 0.25) is 0 Å². The highest BCUT2D eigenvalue weighted by Crippen LogP contribution is 2.17. The molecule has 0 fully saturated rings. The highest BCUT2D eigenvalue weighted by molar-refractivity contribution is 7.89. The molecule has 1 aromatic carbocycles. The van der Waals surface area contributed by atoms with Crippen molar-refractivity contribution in [2.45, 2.75) is 45.7 Å². The first kappa shape index (κ1) is 17.1. The first-order chi connectivity index (χ1) is 9.44. The highest BCUT2D eigenvalue weighted by atomic mass is 32.2. The molecule has 0 heterocycles. The van der Waals surface area contributed by atoms with Crippen molar-refractivity contribution in [2.24, 2.45) is 0 Å². The summed E-state index contributed by atoms with van der Waals surface area (Å²) in [5, 5.41) is 3.22. The fourth-order valence-electron chi connectivity index (χ4n) is 2.00. The molecule has 0 bridgehead atoms. The van der Waals surface area contributed by atoms with E-state index < -0.39 is 10.0 Å². The van der Waals surface area contributed by atoms with Crippen LogP contribution in [0.15, 0.2) is 30.3 Å². The molecule has 0 aliphatic heterocycles. The topological polar surface area (TPSA) is 58.2 Å². The molecular weight excluding hydrogens is 272 g/mol. The molecule has 1 rings (SSSR count). The number of hydrogen-bond donors (Lipinski definition) is 2. The maximum Gasteiger partial charge on any atom is 0.212 e. The van der Waals surface area contributed by atoms with Crippen molar-refractivity contribution < 1.29 is 8.42 Å². The highest BCUT2D eigenvalue weighted by Gasteiger charge is 2.17. The Labute approximate surface area is 123 Å². The molecule has 114 valence electrons. The van der Waals surface area contributed by atoms with Gasteiger partial charge in [0.05, 0.1) is 5.75 Å². The third-order valence-corrected chi connectivity index (χ3v) is 4.54. The summed E-state index contributed by atoms with van der Waals surface area (Å²) in [7, 11) is -3.23. The second-order valence-electron chi connectivity index (χ2n) is 5.27. The van der Waals surface area contributed by atoms with Crippen LogP contribution < -0.4 is 10.0 Å². The maximum atomic E-state index is 12.1. The van der Waals surface area contributed by atoms with Crippen LogP contribution in [-0.4, -0.2) is 26.8 Å². The van der Waals surface area contributed by atoms with Crippen molar-refractivity contribution in [2.75, 3.05) is 12.3 Å². The SMILES string of the molecule is CCC(NS(=O)(=O)CCCNC(C)C)c1ccccc1. The van der Waals surface area contributed by atoms with Crippen molar-refractivity contribution in [3.8, 4) is 0 Å². The first-order valence-electron chi connectivity index (χ1n) is 7.23. The standard InChI is InChI=1S/C15H26N2O2S/c1-4-15(14-9-6-5-7-10-14)17-20(18,19)12-8-11-16-13(2)3/h5-7,9-10,13,15-17H,4,8,11-12H2,1-3H3. The zero-order chi connectivity index (χ0) is 15.0. The van der Waals surface area contributed by atoms with Crippen LogP contribution in [0, 0.1) is 0 Å². The number of benzene rings is 1. The monoisotopic (exact) mass is 298 g/mol. The van der Waals surface area contributed by atoms with Gasteiger partial charge in [-0.05, 0) is 24.9 Å². The van der Waals surface area contributed by atoms with E-state index in [1.54, 1.807) is 0 Å². The molecular formula is C15H26N2O2S. The van der Waals surface area contributed by atoms with Gasteiger partial charge in [-0.15, -0.1) is 0 Å². The van der Waals surface area contributed by atoms with E-state index in [1.165, 1.54) is 0 Å². The third kappa shape index (κ3) is 6.50. The van der Waals surface area contributed by atoms with Gasteiger partial charge in [0.1, 0.15) is 0 Å². The van der Waals surface area contributed by atoms with Crippen LogP contribution in [0.1, 0.15) is 45.2 Å². The lowest BCUT2D eigenvalue weighted by atomic mass is 10.1. The second kappa shape index (κ2) is 8.39. The van der Waals surface area contributed by atoms with Gasteiger partial charge in [-0.1, -0.05) is 51.1 Å². The summed E-state index contributed by atoms with van der Waals surface area (Å²) in [6.45, 7) is 6.81. The van der Waals surface area contributed by atoms with Gasteiger partial charge < -0.3 is 5.32 Å². The quantitative estimate of drug-likeness (QED) is 0.689. The van der Waals surface area contributed by atoms with E-state index in [2.05, 4.69) is 23.9 Å². The molecule has 0 amide bonds. The van der Waals surface area contributed by atoms with Crippen LogP contribution in [-0.2, 0) is 10.0 Å². The Morgan fingerprint density at radius 3 is 2.35 bits per heavy atom. The van der Waals surface area contributed by atoms with Crippen molar-refractivity contribution in [1.29, 1.82) is 0 Å². The van der Waals surface area contributed by atoms with E-state index in [1.807, 2.05) is 37.3 Å². The Morgan fingerprint density at radius 1 is 1.15 bits per heavy atom. The molecule has 0 aliphatic rings. The van der Waals surface area contributed by atoms with Crippen LogP contribution in [0.5, 0.6) is 0 Å². The van der Waals surface area contributed by atoms with Gasteiger partial charge in [0.25, 0.3) is 0 Å². The van der Waals surface area contributed by atoms with Gasteiger partial charge in [-0.2, -0.15) is 0 Å². The molecule has 0 aliphatic carbocycles. The van der Waals surface area contributed by atoms with Crippen LogP contribution in [0.25, 0.3) is 0 Å². The molecule has 1 atom stereocenters. The van der Waals surface area contributed by atoms with Gasteiger partial charge in [0.15, 0.2) is 0 Å². The molecule has 1 aromatic rings. The molecule has 5 heteroatoms. The lowest BCUT2D eigenvalue weighted by molar-refractivity contribution is 0.540. The van der Waals surface area contributed by atoms with Gasteiger partial charge in [0.2, 0.25) is 10.0 Å². The lowest BCUT2D eigenvalue weighted by Gasteiger charge is -2.17. The van der Waals surface area contributed by atoms with Crippen molar-refractivity contribution >= 4 is 10.0 Å². The minimum absolute atomic E-state index is 0.140. The Morgan fingerprint density at radius 2 is 1.80 bits per heavy atom. The number of rotatable bonds is 9. The molecule has 0 saturated heterocycles. The summed E-state index contributed by atoms with van der Waals surface area (Å²) in [6, 6.07) is 9.95. The zero-order valence-electron chi connectivity index (χ0n) is 12.6. The van der Waals surface area contributed by atoms with E-state index in [-0.39, 0.29) is 11.8 Å². The fraction of sp³-hybridized carbons (Fsp3) is 0.600. The molecule has 0 saturated carbocycles. The van der Waals surface area contributed by atoms with Gasteiger partial charge in [-0.25, -0.2) is 13.1 Å². The third-order valence-electron chi connectivity index (χ3n) is 3.07. The van der Waals surface area contributed by atoms with Crippen molar-refractivity contribution in [3.63, 3.8) is 0 Å². The van der Waals surface area contributed by atoms with Crippen molar-refractivity contribution in [3.05, 3.63) is 35.9 Å². The molecule has 1 unspecified atom stereocenters. The second-order valence-corrected chi connectivity index (χ2v) is 7.14. The first-order valence-corrected chi connectivity index (χ1v) is 8.88. The molecule has 0 aromatic heterocycles. The smallest absolute Gasteiger partial charge is 0.212 e. The molecule has 20 heavy (non-hydrogen) atoms. The van der Waals surface area contributed by atoms with E-state index in [0.717, 1.165) is 18.5 Å². The largest absolute Gasteiger partial charge is 0.314 e. The molecule has 4 nitrogen and oxygen atoms in total. The summed E-state index contributed by atoms with van der Waals surface area (Å²) in [6.07, 6.45) is 1.37. The minimum Gasteiger partial charge on any atom is -0.314 e. The Balaban J connectivity index is 2.51. The zero-order valence-corrected chi connectivity index (χ0v) is 13.4. The van der Waals surface area contributed by atoms with Gasteiger partial charge in [0, 0.05) is 12.1 Å². The summed E-state index contributed by atoms with van der Waals surface area (Å²) in [5.41, 5.74) is 1.01. The molecule has 2 N–H and O–H groups in total. The molecule has 0 spiro atoms. The Kier molecular flexibility index (Phi) is 7.19. The Hall–Kier alpha value is -0.910. The predicted molar refractivity (Wildman–Crippen MR) is 84.2 cm³/mol. The van der Waals surface area contributed by atoms with E-state index in [4.69, 9.17) is 0 Å². The average molecular weight is 298 g/mol. The molecule has 0 radical (unpaired) electrons. The summed E-state index contributed by atoms with van der Waals surface area (Å²) in [5.74, 6) is 0.163. The van der Waals surface area contributed by atoms with Crippen LogP contribution in [0.4, 0.5) is 0 Å². The van der Waals surface area contributed by atoms with Gasteiger partial charge >= 0.3 is 0 Å². The number of sulfonamides is 1. The van der Waals surface area contributed by atoms with Crippen molar-refractivity contribution in [1.82, 2.24) is 10.0 Å². The lowest BCUT2D eigenvalue weighted by Crippen LogP contribution is -2.32. The summed E-state index contributed by atoms with van der Waals surface area (Å²) >= 11 is 0. The number of hydrogen-bond acceptors (Lipinski definition) is 3. The predicted octanol–water partition coefficient (Wildman–Crippen LogP) is 2.45. The maximum absolute atomic E-state index is 12.1. The van der Waals surface area contributed by atoms with Crippen LogP contribution >= 0.6 is 0 Å². The van der Waals surface area contributed by atoms with E-state index in [9.17, 15) is 8.42 Å². The van der Waals surface area contributed by atoms with Gasteiger partial charge in [-0.3, -0.25) is 0 Å². The fourth-order valence-corrected chi connectivity index (χ4v) is 3.38. The van der Waals surface area contributed by atoms with Crippen LogP contribution in [0.3, 0.4) is 0 Å². The average Bonchev–Trinajstić information content (AvgIpc) is 2.42. The van der Waals surface area contributed by atoms with E-state index in [0.29, 0.717) is 12.5 Å². The normalized spacial score (nSPS) is 13.6. The minimum atomic E-state index is -3.23.